The van der Waals surface area contributed by atoms with Crippen LogP contribution in [0.2, 0.25) is 0 Å². The number of hydrogen-bond acceptors (Lipinski definition) is 2. The molecule has 4 heteroatoms. The van der Waals surface area contributed by atoms with E-state index in [1.165, 1.54) is 27.1 Å². The first kappa shape index (κ1) is 11.5. The second-order valence-corrected chi connectivity index (χ2v) is 7.23. The summed E-state index contributed by atoms with van der Waals surface area (Å²) in [6, 6.07) is 6.66. The SMILES string of the molecule is NC(c1ccn(Cc2ccc(Br)s2)c1)C1CC1. The summed E-state index contributed by atoms with van der Waals surface area (Å²) in [5.41, 5.74) is 7.47. The van der Waals surface area contributed by atoms with Crippen LogP contribution in [-0.4, -0.2) is 4.57 Å². The predicted octanol–water partition coefficient (Wildman–Crippen LogP) is 3.77. The summed E-state index contributed by atoms with van der Waals surface area (Å²) in [5, 5.41) is 0. The molecule has 0 radical (unpaired) electrons. The Bertz CT molecular complexity index is 513. The van der Waals surface area contributed by atoms with Gasteiger partial charge in [-0.3, -0.25) is 0 Å². The maximum atomic E-state index is 6.19. The molecule has 1 unspecified atom stereocenters. The summed E-state index contributed by atoms with van der Waals surface area (Å²) in [7, 11) is 0. The highest BCUT2D eigenvalue weighted by atomic mass is 79.9. The molecule has 17 heavy (non-hydrogen) atoms. The molecule has 2 heterocycles. The molecule has 1 saturated carbocycles. The third-order valence-corrected chi connectivity index (χ3v) is 4.86. The van der Waals surface area contributed by atoms with E-state index in [2.05, 4.69) is 51.1 Å². The average Bonchev–Trinajstić information content (AvgIpc) is 2.93. The largest absolute Gasteiger partial charge is 0.349 e. The Morgan fingerprint density at radius 1 is 1.41 bits per heavy atom. The van der Waals surface area contributed by atoms with Crippen molar-refractivity contribution in [3.05, 3.63) is 44.8 Å². The lowest BCUT2D eigenvalue weighted by Gasteiger charge is -2.07. The fraction of sp³-hybridized carbons (Fsp3) is 0.385. The normalized spacial score (nSPS) is 17.3. The lowest BCUT2D eigenvalue weighted by molar-refractivity contribution is 0.631. The van der Waals surface area contributed by atoms with Gasteiger partial charge in [-0.25, -0.2) is 0 Å². The number of halogens is 1. The van der Waals surface area contributed by atoms with Crippen molar-refractivity contribution in [2.24, 2.45) is 11.7 Å². The van der Waals surface area contributed by atoms with E-state index in [4.69, 9.17) is 5.73 Å². The Kier molecular flexibility index (Phi) is 3.11. The van der Waals surface area contributed by atoms with Gasteiger partial charge in [-0.2, -0.15) is 0 Å². The number of hydrogen-bond donors (Lipinski definition) is 1. The highest BCUT2D eigenvalue weighted by Crippen LogP contribution is 2.39. The molecule has 0 amide bonds. The van der Waals surface area contributed by atoms with Gasteiger partial charge in [0.05, 0.1) is 10.3 Å². The van der Waals surface area contributed by atoms with Gasteiger partial charge in [0.15, 0.2) is 0 Å². The first-order chi connectivity index (χ1) is 8.22. The third-order valence-electron chi connectivity index (χ3n) is 3.26. The molecule has 0 bridgehead atoms. The van der Waals surface area contributed by atoms with Crippen molar-refractivity contribution in [1.82, 2.24) is 4.57 Å². The van der Waals surface area contributed by atoms with E-state index in [9.17, 15) is 0 Å². The first-order valence-electron chi connectivity index (χ1n) is 5.88. The minimum Gasteiger partial charge on any atom is -0.349 e. The zero-order chi connectivity index (χ0) is 11.8. The van der Waals surface area contributed by atoms with E-state index in [1.807, 2.05) is 0 Å². The molecule has 0 aliphatic heterocycles. The number of nitrogens with zero attached hydrogens (tertiary/aromatic N) is 1. The van der Waals surface area contributed by atoms with Crippen LogP contribution in [0.5, 0.6) is 0 Å². The van der Waals surface area contributed by atoms with E-state index in [0.717, 1.165) is 12.5 Å². The van der Waals surface area contributed by atoms with Crippen LogP contribution in [0.3, 0.4) is 0 Å². The van der Waals surface area contributed by atoms with E-state index in [1.54, 1.807) is 11.3 Å². The smallest absolute Gasteiger partial charge is 0.0702 e. The van der Waals surface area contributed by atoms with Crippen molar-refractivity contribution < 1.29 is 0 Å². The van der Waals surface area contributed by atoms with Crippen molar-refractivity contribution in [2.45, 2.75) is 25.4 Å². The first-order valence-corrected chi connectivity index (χ1v) is 7.49. The lowest BCUT2D eigenvalue weighted by atomic mass is 10.1. The Morgan fingerprint density at radius 2 is 2.24 bits per heavy atom. The van der Waals surface area contributed by atoms with E-state index >= 15 is 0 Å². The van der Waals surface area contributed by atoms with Crippen molar-refractivity contribution in [1.29, 1.82) is 0 Å². The monoisotopic (exact) mass is 310 g/mol. The van der Waals surface area contributed by atoms with Crippen LogP contribution in [0.1, 0.15) is 29.3 Å². The molecule has 2 aromatic rings. The van der Waals surface area contributed by atoms with Crippen molar-refractivity contribution in [3.8, 4) is 0 Å². The number of nitrogens with two attached hydrogens (primary N) is 1. The Hall–Kier alpha value is -0.580. The molecule has 3 rings (SSSR count). The van der Waals surface area contributed by atoms with E-state index in [0.29, 0.717) is 0 Å². The van der Waals surface area contributed by atoms with Gasteiger partial charge in [-0.1, -0.05) is 0 Å². The summed E-state index contributed by atoms with van der Waals surface area (Å²) in [6.07, 6.45) is 6.91. The molecule has 90 valence electrons. The van der Waals surface area contributed by atoms with Gasteiger partial charge >= 0.3 is 0 Å². The maximum absolute atomic E-state index is 6.19. The van der Waals surface area contributed by atoms with Crippen molar-refractivity contribution in [3.63, 3.8) is 0 Å². The van der Waals surface area contributed by atoms with Gasteiger partial charge in [0.1, 0.15) is 0 Å². The van der Waals surface area contributed by atoms with Crippen molar-refractivity contribution in [2.75, 3.05) is 0 Å². The summed E-state index contributed by atoms with van der Waals surface area (Å²) < 4.78 is 3.41. The molecule has 2 nitrogen and oxygen atoms in total. The van der Waals surface area contributed by atoms with E-state index in [-0.39, 0.29) is 6.04 Å². The maximum Gasteiger partial charge on any atom is 0.0702 e. The second kappa shape index (κ2) is 4.59. The quantitative estimate of drug-likeness (QED) is 0.915. The number of thiophene rings is 1. The molecule has 1 aliphatic rings. The number of aromatic nitrogens is 1. The van der Waals surface area contributed by atoms with Crippen LogP contribution >= 0.6 is 27.3 Å². The summed E-state index contributed by atoms with van der Waals surface area (Å²) in [5.74, 6) is 0.724. The molecular weight excluding hydrogens is 296 g/mol. The molecule has 2 aromatic heterocycles. The molecule has 0 spiro atoms. The fourth-order valence-corrected chi connectivity index (χ4v) is 3.59. The minimum atomic E-state index is 0.242. The molecule has 1 aliphatic carbocycles. The minimum absolute atomic E-state index is 0.242. The molecular formula is C13H15BrN2S. The topological polar surface area (TPSA) is 30.9 Å². The third kappa shape index (κ3) is 2.64. The highest BCUT2D eigenvalue weighted by molar-refractivity contribution is 9.11. The molecule has 1 fully saturated rings. The van der Waals surface area contributed by atoms with Gasteiger partial charge < -0.3 is 10.3 Å². The number of rotatable bonds is 4. The highest BCUT2D eigenvalue weighted by Gasteiger charge is 2.29. The van der Waals surface area contributed by atoms with Crippen molar-refractivity contribution >= 4 is 27.3 Å². The van der Waals surface area contributed by atoms with Gasteiger partial charge in [0, 0.05) is 23.3 Å². The Morgan fingerprint density at radius 3 is 2.88 bits per heavy atom. The average molecular weight is 311 g/mol. The van der Waals surface area contributed by atoms with Crippen LogP contribution in [0.25, 0.3) is 0 Å². The standard InChI is InChI=1S/C13H15BrN2S/c14-12-4-3-11(17-12)8-16-6-5-10(7-16)13(15)9-1-2-9/h3-7,9,13H,1-2,8,15H2. The molecule has 0 aromatic carbocycles. The zero-order valence-electron chi connectivity index (χ0n) is 9.47. The Labute approximate surface area is 114 Å². The van der Waals surface area contributed by atoms with Crippen LogP contribution in [0.15, 0.2) is 34.4 Å². The summed E-state index contributed by atoms with van der Waals surface area (Å²) in [6.45, 7) is 0.938. The van der Waals surface area contributed by atoms with Gasteiger partial charge in [-0.05, 0) is 58.5 Å². The molecule has 2 N–H and O–H groups in total. The van der Waals surface area contributed by atoms with E-state index < -0.39 is 0 Å². The van der Waals surface area contributed by atoms with Crippen LogP contribution in [0, 0.1) is 5.92 Å². The Balaban J connectivity index is 1.71. The molecule has 1 atom stereocenters. The van der Waals surface area contributed by atoms with Gasteiger partial charge in [0.25, 0.3) is 0 Å². The second-order valence-electron chi connectivity index (χ2n) is 4.69. The predicted molar refractivity (Wildman–Crippen MR) is 75.2 cm³/mol. The fourth-order valence-electron chi connectivity index (χ4n) is 2.10. The zero-order valence-corrected chi connectivity index (χ0v) is 11.9. The van der Waals surface area contributed by atoms with Crippen LogP contribution < -0.4 is 5.73 Å². The summed E-state index contributed by atoms with van der Waals surface area (Å²) >= 11 is 5.27. The van der Waals surface area contributed by atoms with Gasteiger partial charge in [0.2, 0.25) is 0 Å². The molecule has 0 saturated heterocycles. The van der Waals surface area contributed by atoms with Crippen LogP contribution in [0.4, 0.5) is 0 Å². The van der Waals surface area contributed by atoms with Gasteiger partial charge in [-0.15, -0.1) is 11.3 Å². The lowest BCUT2D eigenvalue weighted by Crippen LogP contribution is -2.11. The summed E-state index contributed by atoms with van der Waals surface area (Å²) in [4.78, 5) is 1.36. The van der Waals surface area contributed by atoms with Crippen LogP contribution in [-0.2, 0) is 6.54 Å².